The lowest BCUT2D eigenvalue weighted by molar-refractivity contribution is 0.0949. The van der Waals surface area contributed by atoms with E-state index in [0.29, 0.717) is 18.7 Å². The Morgan fingerprint density at radius 3 is 2.62 bits per heavy atom. The van der Waals surface area contributed by atoms with Crippen molar-refractivity contribution in [2.24, 2.45) is 0 Å². The standard InChI is InChI=1S/C25H24BrN3O3/c1-31-22-12-4-5-13-23(22)32-15-7-14-29-21-11-3-2-10-20(21)28-24(29)17-27-25(30)18-8-6-9-19(26)16-18/h2-6,8-13,16H,7,14-15,17H2,1H3,(H,27,30). The van der Waals surface area contributed by atoms with Crippen LogP contribution in [0.1, 0.15) is 22.6 Å². The van der Waals surface area contributed by atoms with Gasteiger partial charge in [-0.25, -0.2) is 4.98 Å². The minimum atomic E-state index is -0.135. The molecule has 0 unspecified atom stereocenters. The molecule has 0 spiro atoms. The normalized spacial score (nSPS) is 10.8. The van der Waals surface area contributed by atoms with Crippen LogP contribution in [0.3, 0.4) is 0 Å². The zero-order valence-corrected chi connectivity index (χ0v) is 19.3. The number of ether oxygens (including phenoxy) is 2. The van der Waals surface area contributed by atoms with Crippen LogP contribution >= 0.6 is 15.9 Å². The van der Waals surface area contributed by atoms with Gasteiger partial charge in [-0.3, -0.25) is 4.79 Å². The number of hydrogen-bond acceptors (Lipinski definition) is 4. The van der Waals surface area contributed by atoms with Gasteiger partial charge in [0.2, 0.25) is 0 Å². The molecule has 7 heteroatoms. The number of imidazole rings is 1. The monoisotopic (exact) mass is 493 g/mol. The number of nitrogens with zero attached hydrogens (tertiary/aromatic N) is 2. The first-order valence-corrected chi connectivity index (χ1v) is 11.2. The van der Waals surface area contributed by atoms with Crippen LogP contribution in [0.15, 0.2) is 77.3 Å². The molecular weight excluding hydrogens is 470 g/mol. The molecule has 164 valence electrons. The Balaban J connectivity index is 1.43. The van der Waals surface area contributed by atoms with Crippen LogP contribution in [-0.2, 0) is 13.1 Å². The minimum absolute atomic E-state index is 0.135. The number of benzene rings is 3. The number of methoxy groups -OCH3 is 1. The Labute approximate surface area is 195 Å². The van der Waals surface area contributed by atoms with E-state index in [4.69, 9.17) is 14.5 Å². The summed E-state index contributed by atoms with van der Waals surface area (Å²) in [6.07, 6.45) is 0.783. The first-order chi connectivity index (χ1) is 15.7. The lowest BCUT2D eigenvalue weighted by Gasteiger charge is -2.12. The first kappa shape index (κ1) is 21.9. The van der Waals surface area contributed by atoms with E-state index in [1.165, 1.54) is 0 Å². The van der Waals surface area contributed by atoms with Crippen LogP contribution in [0.5, 0.6) is 11.5 Å². The average molecular weight is 494 g/mol. The molecule has 6 nitrogen and oxygen atoms in total. The molecule has 0 aliphatic carbocycles. The van der Waals surface area contributed by atoms with E-state index in [1.54, 1.807) is 19.2 Å². The van der Waals surface area contributed by atoms with Crippen LogP contribution in [0.25, 0.3) is 11.0 Å². The van der Waals surface area contributed by atoms with E-state index in [-0.39, 0.29) is 5.91 Å². The van der Waals surface area contributed by atoms with Crippen molar-refractivity contribution in [2.45, 2.75) is 19.5 Å². The average Bonchev–Trinajstić information content (AvgIpc) is 3.18. The van der Waals surface area contributed by atoms with Gasteiger partial charge >= 0.3 is 0 Å². The number of rotatable bonds is 9. The van der Waals surface area contributed by atoms with Gasteiger partial charge in [0.1, 0.15) is 5.82 Å². The molecule has 0 radical (unpaired) electrons. The van der Waals surface area contributed by atoms with E-state index in [2.05, 4.69) is 25.8 Å². The number of amides is 1. The number of aromatic nitrogens is 2. The topological polar surface area (TPSA) is 65.4 Å². The lowest BCUT2D eigenvalue weighted by atomic mass is 10.2. The number of halogens is 1. The quantitative estimate of drug-likeness (QED) is 0.325. The fourth-order valence-electron chi connectivity index (χ4n) is 3.54. The number of aryl methyl sites for hydroxylation is 1. The molecule has 3 aromatic carbocycles. The predicted octanol–water partition coefficient (Wildman–Crippen LogP) is 5.21. The van der Waals surface area contributed by atoms with Crippen molar-refractivity contribution in [1.29, 1.82) is 0 Å². The number of carbonyl (C=O) groups is 1. The van der Waals surface area contributed by atoms with Crippen LogP contribution in [0, 0.1) is 0 Å². The Bertz CT molecular complexity index is 1220. The van der Waals surface area contributed by atoms with Crippen molar-refractivity contribution in [2.75, 3.05) is 13.7 Å². The van der Waals surface area contributed by atoms with E-state index in [1.807, 2.05) is 60.7 Å². The summed E-state index contributed by atoms with van der Waals surface area (Å²) in [5.41, 5.74) is 2.55. The smallest absolute Gasteiger partial charge is 0.251 e. The molecule has 1 aromatic heterocycles. The van der Waals surface area contributed by atoms with Crippen LogP contribution in [-0.4, -0.2) is 29.2 Å². The molecule has 32 heavy (non-hydrogen) atoms. The summed E-state index contributed by atoms with van der Waals surface area (Å²) in [5, 5.41) is 2.98. The fraction of sp³-hybridized carbons (Fsp3) is 0.200. The molecule has 4 rings (SSSR count). The van der Waals surface area contributed by atoms with E-state index < -0.39 is 0 Å². The molecule has 0 atom stereocenters. The molecule has 1 amide bonds. The van der Waals surface area contributed by atoms with Crippen molar-refractivity contribution in [1.82, 2.24) is 14.9 Å². The molecule has 1 heterocycles. The summed E-state index contributed by atoms with van der Waals surface area (Å²) >= 11 is 3.41. The Kier molecular flexibility index (Phi) is 7.07. The van der Waals surface area contributed by atoms with Crippen LogP contribution in [0.4, 0.5) is 0 Å². The van der Waals surface area contributed by atoms with Crippen molar-refractivity contribution < 1.29 is 14.3 Å². The third-order valence-electron chi connectivity index (χ3n) is 5.08. The van der Waals surface area contributed by atoms with Gasteiger partial charge in [-0.1, -0.05) is 46.3 Å². The van der Waals surface area contributed by atoms with Gasteiger partial charge in [-0.05, 0) is 48.9 Å². The van der Waals surface area contributed by atoms with E-state index in [0.717, 1.165) is 45.8 Å². The largest absolute Gasteiger partial charge is 0.493 e. The molecule has 0 bridgehead atoms. The highest BCUT2D eigenvalue weighted by Crippen LogP contribution is 2.26. The number of fused-ring (bicyclic) bond motifs is 1. The second-order valence-corrected chi connectivity index (χ2v) is 8.13. The van der Waals surface area contributed by atoms with E-state index in [9.17, 15) is 4.79 Å². The van der Waals surface area contributed by atoms with Crippen molar-refractivity contribution in [3.8, 4) is 11.5 Å². The van der Waals surface area contributed by atoms with Crippen LogP contribution in [0.2, 0.25) is 0 Å². The number of para-hydroxylation sites is 4. The van der Waals surface area contributed by atoms with Gasteiger partial charge in [-0.15, -0.1) is 0 Å². The Morgan fingerprint density at radius 2 is 1.81 bits per heavy atom. The third kappa shape index (κ3) is 5.11. The zero-order valence-electron chi connectivity index (χ0n) is 17.8. The summed E-state index contributed by atoms with van der Waals surface area (Å²) in [4.78, 5) is 17.3. The van der Waals surface area contributed by atoms with Gasteiger partial charge in [-0.2, -0.15) is 0 Å². The second-order valence-electron chi connectivity index (χ2n) is 7.21. The van der Waals surface area contributed by atoms with E-state index >= 15 is 0 Å². The molecule has 0 saturated carbocycles. The molecule has 4 aromatic rings. The highest BCUT2D eigenvalue weighted by Gasteiger charge is 2.13. The van der Waals surface area contributed by atoms with Gasteiger partial charge in [0.15, 0.2) is 11.5 Å². The molecular formula is C25H24BrN3O3. The Hall–Kier alpha value is -3.32. The molecule has 1 N–H and O–H groups in total. The molecule has 0 saturated heterocycles. The van der Waals surface area contributed by atoms with Gasteiger partial charge in [0.25, 0.3) is 5.91 Å². The third-order valence-corrected chi connectivity index (χ3v) is 5.57. The molecule has 0 fully saturated rings. The SMILES string of the molecule is COc1ccccc1OCCCn1c(CNC(=O)c2cccc(Br)c2)nc2ccccc21. The summed E-state index contributed by atoms with van der Waals surface area (Å²) in [6.45, 7) is 1.60. The van der Waals surface area contributed by atoms with Crippen molar-refractivity contribution in [3.05, 3.63) is 88.7 Å². The fourth-order valence-corrected chi connectivity index (χ4v) is 3.94. The van der Waals surface area contributed by atoms with Crippen LogP contribution < -0.4 is 14.8 Å². The zero-order chi connectivity index (χ0) is 22.3. The highest BCUT2D eigenvalue weighted by molar-refractivity contribution is 9.10. The minimum Gasteiger partial charge on any atom is -0.493 e. The highest BCUT2D eigenvalue weighted by atomic mass is 79.9. The molecule has 0 aliphatic rings. The first-order valence-electron chi connectivity index (χ1n) is 10.4. The molecule has 0 aliphatic heterocycles. The Morgan fingerprint density at radius 1 is 1.03 bits per heavy atom. The maximum atomic E-state index is 12.6. The summed E-state index contributed by atoms with van der Waals surface area (Å²) in [6, 6.07) is 22.9. The maximum absolute atomic E-state index is 12.6. The lowest BCUT2D eigenvalue weighted by Crippen LogP contribution is -2.25. The predicted molar refractivity (Wildman–Crippen MR) is 128 cm³/mol. The summed E-state index contributed by atoms with van der Waals surface area (Å²) in [7, 11) is 1.63. The number of nitrogens with one attached hydrogen (secondary N) is 1. The van der Waals surface area contributed by atoms with Gasteiger partial charge in [0, 0.05) is 16.6 Å². The van der Waals surface area contributed by atoms with Crippen molar-refractivity contribution >= 4 is 32.9 Å². The summed E-state index contributed by atoms with van der Waals surface area (Å²) < 4.78 is 14.3. The maximum Gasteiger partial charge on any atom is 0.251 e. The second kappa shape index (κ2) is 10.3. The van der Waals surface area contributed by atoms with Gasteiger partial charge in [0.05, 0.1) is 31.3 Å². The summed E-state index contributed by atoms with van der Waals surface area (Å²) in [5.74, 6) is 2.12. The van der Waals surface area contributed by atoms with Gasteiger partial charge < -0.3 is 19.4 Å². The van der Waals surface area contributed by atoms with Crippen molar-refractivity contribution in [3.63, 3.8) is 0 Å². The number of hydrogen-bond donors (Lipinski definition) is 1. The number of carbonyl (C=O) groups excluding carboxylic acids is 1.